The van der Waals surface area contributed by atoms with Crippen molar-refractivity contribution in [2.24, 2.45) is 0 Å². The van der Waals surface area contributed by atoms with Gasteiger partial charge in [-0.2, -0.15) is 26.3 Å². The smallest absolute Gasteiger partial charge is 0.414 e. The van der Waals surface area contributed by atoms with Crippen molar-refractivity contribution >= 4 is 39.4 Å². The third-order valence-electron chi connectivity index (χ3n) is 3.32. The van der Waals surface area contributed by atoms with E-state index in [0.717, 1.165) is 6.20 Å². The summed E-state index contributed by atoms with van der Waals surface area (Å²) < 4.78 is 105. The molecule has 0 fully saturated rings. The quantitative estimate of drug-likeness (QED) is 0.364. The topological polar surface area (TPSA) is 79.7 Å². The summed E-state index contributed by atoms with van der Waals surface area (Å²) in [6.07, 6.45) is -8.84. The van der Waals surface area contributed by atoms with Crippen LogP contribution >= 0.6 is 11.3 Å². The van der Waals surface area contributed by atoms with Gasteiger partial charge in [-0.25, -0.2) is 13.5 Å². The second-order valence-electron chi connectivity index (χ2n) is 5.44. The van der Waals surface area contributed by atoms with Gasteiger partial charge in [0.25, 0.3) is 11.3 Å². The van der Waals surface area contributed by atoms with Crippen LogP contribution in [-0.4, -0.2) is 19.7 Å². The van der Waals surface area contributed by atoms with Gasteiger partial charge < -0.3 is 4.74 Å². The van der Waals surface area contributed by atoms with Gasteiger partial charge in [-0.1, -0.05) is 18.3 Å². The summed E-state index contributed by atoms with van der Waals surface area (Å²) >= 11 is -2.64. The molecule has 0 saturated carbocycles. The van der Waals surface area contributed by atoms with Gasteiger partial charge in [0.1, 0.15) is 0 Å². The van der Waals surface area contributed by atoms with E-state index in [1.165, 1.54) is 0 Å². The van der Waals surface area contributed by atoms with Crippen molar-refractivity contribution in [2.45, 2.75) is 32.1 Å². The summed E-state index contributed by atoms with van der Waals surface area (Å²) in [7, 11) is 0. The number of anilines is 2. The van der Waals surface area contributed by atoms with Crippen molar-refractivity contribution < 1.29 is 44.6 Å². The van der Waals surface area contributed by atoms with Gasteiger partial charge in [0, 0.05) is 6.42 Å². The molecular weight excluding hydrogens is 450 g/mol. The molecule has 1 heterocycles. The minimum Gasteiger partial charge on any atom is -0.414 e. The molecule has 160 valence electrons. The van der Waals surface area contributed by atoms with Crippen LogP contribution in [0.2, 0.25) is 0 Å². The fourth-order valence-corrected chi connectivity index (χ4v) is 3.65. The van der Waals surface area contributed by atoms with Gasteiger partial charge in [0.2, 0.25) is 10.2 Å². The van der Waals surface area contributed by atoms with Gasteiger partial charge in [0.15, 0.2) is 0 Å². The van der Waals surface area contributed by atoms with Gasteiger partial charge in [-0.15, -0.1) is 0 Å². The van der Waals surface area contributed by atoms with Crippen LogP contribution < -0.4 is 9.04 Å². The number of hydrogen-bond acceptors (Lipinski definition) is 5. The summed E-state index contributed by atoms with van der Waals surface area (Å²) in [5.41, 5.74) is -4.38. The molecule has 0 aliphatic carbocycles. The first-order chi connectivity index (χ1) is 13.3. The number of aromatic nitrogens is 1. The molecule has 29 heavy (non-hydrogen) atoms. The van der Waals surface area contributed by atoms with Crippen LogP contribution in [0.15, 0.2) is 24.4 Å². The highest BCUT2D eigenvalue weighted by Gasteiger charge is 2.40. The Labute approximate surface area is 166 Å². The standard InChI is InChI=1S/C15H12F6N2O4S2/c1-2-3-11(24)27-12-7-22-13(28-12)23(29(25)26)10-5-4-8(14(16,17)18)6-9(10)15(19,20)21/h4-7H,2-3H2,1H3,(H,25,26). The number of benzene rings is 1. The number of rotatable bonds is 6. The van der Waals surface area contributed by atoms with Crippen LogP contribution in [0, 0.1) is 0 Å². The molecule has 1 aromatic carbocycles. The minimum atomic E-state index is -5.26. The van der Waals surface area contributed by atoms with E-state index in [9.17, 15) is 39.9 Å². The van der Waals surface area contributed by atoms with Crippen molar-refractivity contribution in [1.82, 2.24) is 4.98 Å². The lowest BCUT2D eigenvalue weighted by molar-refractivity contribution is -0.142. The van der Waals surface area contributed by atoms with Crippen molar-refractivity contribution in [3.63, 3.8) is 0 Å². The molecule has 2 aromatic rings. The van der Waals surface area contributed by atoms with Crippen molar-refractivity contribution in [1.29, 1.82) is 0 Å². The van der Waals surface area contributed by atoms with Crippen LogP contribution in [0.5, 0.6) is 5.06 Å². The SMILES string of the molecule is CCCC(=O)Oc1cnc(N(c2ccc(C(F)(F)F)cc2C(F)(F)F)S(=O)O)s1. The van der Waals surface area contributed by atoms with E-state index in [4.69, 9.17) is 4.74 Å². The van der Waals surface area contributed by atoms with E-state index < -0.39 is 51.5 Å². The minimum absolute atomic E-state index is 0.0556. The summed E-state index contributed by atoms with van der Waals surface area (Å²) in [6, 6.07) is 0.606. The Morgan fingerprint density at radius 2 is 1.90 bits per heavy atom. The molecule has 6 nitrogen and oxygen atoms in total. The molecule has 0 amide bonds. The lowest BCUT2D eigenvalue weighted by Crippen LogP contribution is -2.23. The molecule has 14 heteroatoms. The first-order valence-electron chi connectivity index (χ1n) is 7.70. The van der Waals surface area contributed by atoms with Gasteiger partial charge in [0.05, 0.1) is 23.0 Å². The third-order valence-corrected chi connectivity index (χ3v) is 4.98. The molecule has 0 saturated heterocycles. The molecule has 1 unspecified atom stereocenters. The number of halogens is 6. The molecule has 1 N–H and O–H groups in total. The Kier molecular flexibility index (Phi) is 6.90. The fourth-order valence-electron chi connectivity index (χ4n) is 2.13. The van der Waals surface area contributed by atoms with E-state index >= 15 is 0 Å². The zero-order chi connectivity index (χ0) is 22.0. The van der Waals surface area contributed by atoms with Crippen LogP contribution in [-0.2, 0) is 28.4 Å². The number of ether oxygens (including phenoxy) is 1. The number of carbonyl (C=O) groups excluding carboxylic acids is 1. The van der Waals surface area contributed by atoms with E-state index in [1.807, 2.05) is 0 Å². The zero-order valence-corrected chi connectivity index (χ0v) is 16.0. The summed E-state index contributed by atoms with van der Waals surface area (Å²) in [6.45, 7) is 1.71. The summed E-state index contributed by atoms with van der Waals surface area (Å²) in [5.74, 6) is -0.648. The molecule has 1 aromatic heterocycles. The molecule has 0 aliphatic heterocycles. The molecule has 0 bridgehead atoms. The monoisotopic (exact) mass is 462 g/mol. The number of hydrogen-bond donors (Lipinski definition) is 1. The summed E-state index contributed by atoms with van der Waals surface area (Å²) in [4.78, 5) is 15.1. The predicted molar refractivity (Wildman–Crippen MR) is 92.0 cm³/mol. The molecule has 0 spiro atoms. The molecule has 0 aliphatic rings. The van der Waals surface area contributed by atoms with Crippen molar-refractivity contribution in [3.8, 4) is 5.06 Å². The average molecular weight is 462 g/mol. The number of thiazole rings is 1. The first-order valence-corrected chi connectivity index (χ1v) is 9.58. The van der Waals surface area contributed by atoms with Gasteiger partial charge in [-0.3, -0.25) is 9.35 Å². The zero-order valence-electron chi connectivity index (χ0n) is 14.4. The van der Waals surface area contributed by atoms with Gasteiger partial charge in [-0.05, 0) is 24.6 Å². The van der Waals surface area contributed by atoms with Crippen LogP contribution in [0.3, 0.4) is 0 Å². The fraction of sp³-hybridized carbons (Fsp3) is 0.333. The summed E-state index contributed by atoms with van der Waals surface area (Å²) in [5, 5.41) is -0.648. The lowest BCUT2D eigenvalue weighted by Gasteiger charge is -2.22. The largest absolute Gasteiger partial charge is 0.418 e. The molecular formula is C15H12F6N2O4S2. The van der Waals surface area contributed by atoms with Gasteiger partial charge >= 0.3 is 18.3 Å². The van der Waals surface area contributed by atoms with E-state index in [1.54, 1.807) is 6.92 Å². The Balaban J connectivity index is 2.52. The molecule has 0 radical (unpaired) electrons. The normalized spacial score (nSPS) is 13.2. The maximum absolute atomic E-state index is 13.4. The second kappa shape index (κ2) is 8.67. The van der Waals surface area contributed by atoms with Crippen molar-refractivity contribution in [2.75, 3.05) is 4.31 Å². The number of esters is 1. The van der Waals surface area contributed by atoms with E-state index in [0.29, 0.717) is 29.9 Å². The first kappa shape index (κ1) is 23.1. The second-order valence-corrected chi connectivity index (χ2v) is 7.24. The number of nitrogens with zero attached hydrogens (tertiary/aromatic N) is 2. The van der Waals surface area contributed by atoms with Crippen LogP contribution in [0.25, 0.3) is 0 Å². The third kappa shape index (κ3) is 5.67. The molecule has 1 atom stereocenters. The number of carbonyl (C=O) groups is 1. The Bertz CT molecular complexity index is 913. The molecule has 2 rings (SSSR count). The van der Waals surface area contributed by atoms with E-state index in [2.05, 4.69) is 4.98 Å². The van der Waals surface area contributed by atoms with Crippen molar-refractivity contribution in [3.05, 3.63) is 35.5 Å². The van der Waals surface area contributed by atoms with E-state index in [-0.39, 0.29) is 21.9 Å². The average Bonchev–Trinajstić information content (AvgIpc) is 3.01. The highest BCUT2D eigenvalue weighted by atomic mass is 32.2. The highest BCUT2D eigenvalue weighted by Crippen LogP contribution is 2.44. The highest BCUT2D eigenvalue weighted by molar-refractivity contribution is 7.81. The maximum atomic E-state index is 13.4. The Morgan fingerprint density at radius 3 is 2.41 bits per heavy atom. The van der Waals surface area contributed by atoms with Crippen LogP contribution in [0.4, 0.5) is 37.2 Å². The Hall–Kier alpha value is -2.19. The maximum Gasteiger partial charge on any atom is 0.418 e. The van der Waals surface area contributed by atoms with Crippen LogP contribution in [0.1, 0.15) is 30.9 Å². The lowest BCUT2D eigenvalue weighted by atomic mass is 10.1. The Morgan fingerprint density at radius 1 is 1.24 bits per heavy atom. The predicted octanol–water partition coefficient (Wildman–Crippen LogP) is 5.16. The number of alkyl halides is 6.